The van der Waals surface area contributed by atoms with Crippen molar-refractivity contribution < 1.29 is 0 Å². The molecule has 1 aromatic heterocycles. The number of aromatic nitrogens is 1. The Labute approximate surface area is 414 Å². The van der Waals surface area contributed by atoms with Crippen LogP contribution in [0.2, 0.25) is 0 Å². The lowest BCUT2D eigenvalue weighted by atomic mass is 9.50. The van der Waals surface area contributed by atoms with Gasteiger partial charge in [0.1, 0.15) is 0 Å². The maximum Gasteiger partial charge on any atom is 0.0547 e. The summed E-state index contributed by atoms with van der Waals surface area (Å²) in [6.45, 7) is 0. The molecule has 5 unspecified atom stereocenters. The predicted octanol–water partition coefficient (Wildman–Crippen LogP) is 18.6. The largest absolute Gasteiger partial charge is 0.309 e. The van der Waals surface area contributed by atoms with Crippen LogP contribution in [0.25, 0.3) is 115 Å². The zero-order chi connectivity index (χ0) is 46.4. The molecule has 0 aliphatic heterocycles. The summed E-state index contributed by atoms with van der Waals surface area (Å²) in [5.74, 6) is 3.32. The summed E-state index contributed by atoms with van der Waals surface area (Å²) in [4.78, 5) is 0. The Morgan fingerprint density at radius 2 is 0.944 bits per heavy atom. The molecule has 0 radical (unpaired) electrons. The molecule has 4 aliphatic carbocycles. The van der Waals surface area contributed by atoms with Crippen molar-refractivity contribution in [2.45, 2.75) is 37.5 Å². The van der Waals surface area contributed by atoms with E-state index in [1.165, 1.54) is 148 Å². The lowest BCUT2D eigenvalue weighted by Gasteiger charge is -2.52. The van der Waals surface area contributed by atoms with E-state index in [0.717, 1.165) is 23.7 Å². The molecule has 336 valence electrons. The molecular weight excluding hydrogens is 855 g/mol. The van der Waals surface area contributed by atoms with E-state index in [0.29, 0.717) is 0 Å². The zero-order valence-electron chi connectivity index (χ0n) is 39.7. The van der Waals surface area contributed by atoms with Crippen molar-refractivity contribution >= 4 is 54.1 Å². The summed E-state index contributed by atoms with van der Waals surface area (Å²) in [7, 11) is 0. The molecule has 11 aromatic carbocycles. The van der Waals surface area contributed by atoms with E-state index in [4.69, 9.17) is 0 Å². The molecule has 1 nitrogen and oxygen atoms in total. The van der Waals surface area contributed by atoms with Crippen LogP contribution in [-0.4, -0.2) is 4.57 Å². The van der Waals surface area contributed by atoms with Crippen LogP contribution in [0.4, 0.5) is 0 Å². The van der Waals surface area contributed by atoms with Crippen molar-refractivity contribution in [2.24, 2.45) is 23.7 Å². The molecule has 0 N–H and O–H groups in total. The average molecular weight is 906 g/mol. The first-order valence-electron chi connectivity index (χ1n) is 26.1. The van der Waals surface area contributed by atoms with Crippen molar-refractivity contribution in [1.82, 2.24) is 4.57 Å². The van der Waals surface area contributed by atoms with Crippen LogP contribution in [0.15, 0.2) is 224 Å². The first kappa shape index (κ1) is 39.8. The molecule has 3 saturated carbocycles. The predicted molar refractivity (Wildman–Crippen MR) is 298 cm³/mol. The number of hydrogen-bond donors (Lipinski definition) is 0. The molecule has 12 aromatic rings. The highest BCUT2D eigenvalue weighted by Gasteiger charge is 2.63. The van der Waals surface area contributed by atoms with Crippen LogP contribution in [0.3, 0.4) is 0 Å². The maximum atomic E-state index is 2.63. The number of nitrogens with zero attached hydrogens (tertiary/aromatic N) is 1. The highest BCUT2D eigenvalue weighted by molar-refractivity contribution is 6.22. The van der Waals surface area contributed by atoms with Gasteiger partial charge in [-0.1, -0.05) is 188 Å². The van der Waals surface area contributed by atoms with E-state index >= 15 is 0 Å². The molecule has 1 spiro atoms. The van der Waals surface area contributed by atoms with Crippen molar-refractivity contribution in [2.75, 3.05) is 0 Å². The van der Waals surface area contributed by atoms with Gasteiger partial charge in [0.15, 0.2) is 0 Å². The van der Waals surface area contributed by atoms with Crippen LogP contribution >= 0.6 is 0 Å². The fraction of sp³-hybridized carbons (Fsp3) is 0.143. The quantitative estimate of drug-likeness (QED) is 0.152. The Kier molecular flexibility index (Phi) is 8.41. The number of fused-ring (bicyclic) bond motifs is 10. The van der Waals surface area contributed by atoms with Crippen LogP contribution in [0.5, 0.6) is 0 Å². The average Bonchev–Trinajstić information content (AvgIpc) is 4.00. The molecule has 1 heteroatoms. The number of hydrogen-bond acceptors (Lipinski definition) is 0. The number of benzene rings is 11. The summed E-state index contributed by atoms with van der Waals surface area (Å²) in [6, 6.07) is 85.3. The van der Waals surface area contributed by atoms with Gasteiger partial charge in [-0.05, 0) is 191 Å². The van der Waals surface area contributed by atoms with Crippen LogP contribution in [0.1, 0.15) is 43.2 Å². The maximum absolute atomic E-state index is 2.63. The smallest absolute Gasteiger partial charge is 0.0547 e. The topological polar surface area (TPSA) is 4.93 Å². The first-order valence-corrected chi connectivity index (χ1v) is 26.1. The minimum absolute atomic E-state index is 0.165. The lowest BCUT2D eigenvalue weighted by molar-refractivity contribution is 0.0768. The summed E-state index contributed by atoms with van der Waals surface area (Å²) >= 11 is 0. The fourth-order valence-electron chi connectivity index (χ4n) is 15.6. The molecular formula is C70H51N. The first-order chi connectivity index (χ1) is 35.2. The molecule has 4 aliphatic rings. The summed E-state index contributed by atoms with van der Waals surface area (Å²) in [5.41, 5.74) is 20.1. The standard InChI is InChI=1S/C70H51N/c1-2-17-53-45(13-1)14-12-24-54(53)47-15-11-16-49(40-47)68-59-20-3-5-22-61(59)69(62-23-6-4-21-60(62)68)50-31-36-58-57-19-8-10-26-66(57)71(67(58)42-50)52-33-28-44(29-34-52)46-30-35-56-55-18-7-9-25-63(55)70(65(56)41-46)51-32-27-48-37-43(38-51)39-64(48)70/h1-26,28-31,33-36,40-43,48,51,64H,27,32,37-39H2. The molecule has 5 atom stereocenters. The van der Waals surface area contributed by atoms with E-state index in [9.17, 15) is 0 Å². The molecule has 16 rings (SSSR count). The Morgan fingerprint density at radius 3 is 1.75 bits per heavy atom. The van der Waals surface area contributed by atoms with E-state index < -0.39 is 0 Å². The third kappa shape index (κ3) is 5.58. The van der Waals surface area contributed by atoms with E-state index in [1.807, 2.05) is 0 Å². The summed E-state index contributed by atoms with van der Waals surface area (Å²) < 4.78 is 2.50. The van der Waals surface area contributed by atoms with Gasteiger partial charge in [0.25, 0.3) is 0 Å². The van der Waals surface area contributed by atoms with Crippen molar-refractivity contribution in [3.05, 3.63) is 236 Å². The third-order valence-corrected chi connectivity index (χ3v) is 18.3. The van der Waals surface area contributed by atoms with Gasteiger partial charge in [-0.3, -0.25) is 0 Å². The lowest BCUT2D eigenvalue weighted by Crippen LogP contribution is -2.48. The van der Waals surface area contributed by atoms with Gasteiger partial charge in [-0.25, -0.2) is 0 Å². The number of para-hydroxylation sites is 1. The van der Waals surface area contributed by atoms with Crippen LogP contribution < -0.4 is 0 Å². The van der Waals surface area contributed by atoms with Gasteiger partial charge in [-0.2, -0.15) is 0 Å². The highest BCUT2D eigenvalue weighted by Crippen LogP contribution is 2.70. The van der Waals surface area contributed by atoms with Crippen LogP contribution in [0, 0.1) is 23.7 Å². The van der Waals surface area contributed by atoms with E-state index in [2.05, 4.69) is 229 Å². The zero-order valence-corrected chi connectivity index (χ0v) is 39.7. The Morgan fingerprint density at radius 1 is 0.352 bits per heavy atom. The van der Waals surface area contributed by atoms with Gasteiger partial charge in [0.2, 0.25) is 0 Å². The van der Waals surface area contributed by atoms with Crippen LogP contribution in [-0.2, 0) is 5.41 Å². The van der Waals surface area contributed by atoms with Gasteiger partial charge < -0.3 is 4.57 Å². The fourth-order valence-corrected chi connectivity index (χ4v) is 15.6. The van der Waals surface area contributed by atoms with E-state index in [1.54, 1.807) is 11.1 Å². The van der Waals surface area contributed by atoms with Crippen molar-refractivity contribution in [3.63, 3.8) is 0 Å². The second-order valence-corrected chi connectivity index (χ2v) is 21.5. The Hall–Kier alpha value is -8.00. The molecule has 0 saturated heterocycles. The molecule has 1 heterocycles. The molecule has 3 fully saturated rings. The number of rotatable bonds is 5. The molecule has 3 bridgehead atoms. The van der Waals surface area contributed by atoms with Crippen molar-refractivity contribution in [1.29, 1.82) is 0 Å². The molecule has 71 heavy (non-hydrogen) atoms. The SMILES string of the molecule is c1cc(-c2cccc3ccccc23)cc(-c2c3ccccc3c(-c3ccc4c5ccccc5n(-c5ccc(-c6ccc7c(c6)C6(c8ccccc8-7)C7CCC8CC(C7)CC86)cc5)c4c3)c3ccccc23)c1. The van der Waals surface area contributed by atoms with Gasteiger partial charge in [0, 0.05) is 21.9 Å². The van der Waals surface area contributed by atoms with E-state index in [-0.39, 0.29) is 5.41 Å². The van der Waals surface area contributed by atoms with Gasteiger partial charge in [-0.15, -0.1) is 0 Å². The van der Waals surface area contributed by atoms with Gasteiger partial charge in [0.05, 0.1) is 11.0 Å². The summed E-state index contributed by atoms with van der Waals surface area (Å²) in [6.07, 6.45) is 7.07. The minimum Gasteiger partial charge on any atom is -0.309 e. The second-order valence-electron chi connectivity index (χ2n) is 21.5. The second kappa shape index (κ2) is 15.0. The summed E-state index contributed by atoms with van der Waals surface area (Å²) in [5, 5.41) is 10.1. The highest BCUT2D eigenvalue weighted by atomic mass is 15.0. The molecule has 0 amide bonds. The minimum atomic E-state index is 0.165. The Bertz CT molecular complexity index is 4120. The monoisotopic (exact) mass is 905 g/mol. The van der Waals surface area contributed by atoms with Crippen molar-refractivity contribution in [3.8, 4) is 61.3 Å². The normalized spacial score (nSPS) is 20.7. The Balaban J connectivity index is 0.831. The third-order valence-electron chi connectivity index (χ3n) is 18.3. The van der Waals surface area contributed by atoms with Gasteiger partial charge >= 0.3 is 0 Å².